The van der Waals surface area contributed by atoms with E-state index in [1.807, 2.05) is 17.0 Å². The van der Waals surface area contributed by atoms with Gasteiger partial charge in [0, 0.05) is 44.6 Å². The van der Waals surface area contributed by atoms with Crippen molar-refractivity contribution in [2.24, 2.45) is 0 Å². The highest BCUT2D eigenvalue weighted by Crippen LogP contribution is 2.16. The highest BCUT2D eigenvalue weighted by Gasteiger charge is 2.17. The topological polar surface area (TPSA) is 68.6 Å². The molecule has 6 heteroatoms. The highest BCUT2D eigenvalue weighted by molar-refractivity contribution is 6.06. The number of nitrogens with zero attached hydrogens (tertiary/aromatic N) is 3. The number of anilines is 1. The second kappa shape index (κ2) is 9.58. The molecule has 0 bridgehead atoms. The Bertz CT molecular complexity index is 848. The molecule has 6 nitrogen and oxygen atoms in total. The van der Waals surface area contributed by atoms with E-state index in [-0.39, 0.29) is 5.57 Å². The van der Waals surface area contributed by atoms with Crippen LogP contribution in [0.5, 0.6) is 5.75 Å². The van der Waals surface area contributed by atoms with E-state index in [0.717, 1.165) is 32.7 Å². The smallest absolute Gasteiger partial charge is 0.267 e. The van der Waals surface area contributed by atoms with Gasteiger partial charge in [-0.25, -0.2) is 0 Å². The van der Waals surface area contributed by atoms with Gasteiger partial charge in [0.15, 0.2) is 0 Å². The largest absolute Gasteiger partial charge is 0.497 e. The number of carbonyl (C=O) groups is 1. The van der Waals surface area contributed by atoms with Gasteiger partial charge in [0.1, 0.15) is 17.4 Å². The van der Waals surface area contributed by atoms with Crippen LogP contribution in [0.3, 0.4) is 0 Å². The molecule has 0 spiro atoms. The monoisotopic (exact) mass is 376 g/mol. The molecule has 1 N–H and O–H groups in total. The van der Waals surface area contributed by atoms with Gasteiger partial charge in [0.05, 0.1) is 7.11 Å². The zero-order valence-corrected chi connectivity index (χ0v) is 16.0. The Kier molecular flexibility index (Phi) is 6.66. The van der Waals surface area contributed by atoms with Crippen LogP contribution in [0.2, 0.25) is 0 Å². The third kappa shape index (κ3) is 5.35. The van der Waals surface area contributed by atoms with Gasteiger partial charge in [-0.1, -0.05) is 30.3 Å². The van der Waals surface area contributed by atoms with E-state index in [9.17, 15) is 10.1 Å². The summed E-state index contributed by atoms with van der Waals surface area (Å²) in [5, 5.41) is 12.2. The third-order valence-electron chi connectivity index (χ3n) is 4.68. The first-order valence-corrected chi connectivity index (χ1v) is 9.25. The van der Waals surface area contributed by atoms with Crippen LogP contribution in [0.15, 0.2) is 66.4 Å². The molecule has 0 saturated carbocycles. The number of rotatable bonds is 6. The molecule has 28 heavy (non-hydrogen) atoms. The predicted molar refractivity (Wildman–Crippen MR) is 109 cm³/mol. The Morgan fingerprint density at radius 3 is 2.39 bits per heavy atom. The summed E-state index contributed by atoms with van der Waals surface area (Å²) < 4.78 is 5.10. The first-order chi connectivity index (χ1) is 13.7. The van der Waals surface area contributed by atoms with Crippen LogP contribution in [0.25, 0.3) is 0 Å². The van der Waals surface area contributed by atoms with Crippen molar-refractivity contribution in [3.63, 3.8) is 0 Å². The van der Waals surface area contributed by atoms with Crippen molar-refractivity contribution in [3.8, 4) is 11.8 Å². The van der Waals surface area contributed by atoms with Gasteiger partial charge in [-0.2, -0.15) is 5.26 Å². The Labute approximate surface area is 165 Å². The minimum atomic E-state index is -0.403. The van der Waals surface area contributed by atoms with Crippen LogP contribution < -0.4 is 10.1 Å². The maximum absolute atomic E-state index is 12.4. The van der Waals surface area contributed by atoms with Crippen molar-refractivity contribution >= 4 is 11.6 Å². The van der Waals surface area contributed by atoms with E-state index >= 15 is 0 Å². The number of hydrogen-bond acceptors (Lipinski definition) is 5. The summed E-state index contributed by atoms with van der Waals surface area (Å²) in [7, 11) is 1.59. The molecule has 2 aromatic rings. The summed E-state index contributed by atoms with van der Waals surface area (Å²) in [6.07, 6.45) is 1.67. The van der Waals surface area contributed by atoms with E-state index in [1.54, 1.807) is 37.6 Å². The fourth-order valence-corrected chi connectivity index (χ4v) is 3.09. The molecule has 3 rings (SSSR count). The fourth-order valence-electron chi connectivity index (χ4n) is 3.09. The molecule has 2 aromatic carbocycles. The Morgan fingerprint density at radius 2 is 1.79 bits per heavy atom. The zero-order chi connectivity index (χ0) is 19.8. The van der Waals surface area contributed by atoms with Crippen molar-refractivity contribution in [1.29, 1.82) is 5.26 Å². The van der Waals surface area contributed by atoms with Gasteiger partial charge >= 0.3 is 0 Å². The first-order valence-electron chi connectivity index (χ1n) is 9.25. The van der Waals surface area contributed by atoms with E-state index < -0.39 is 5.91 Å². The van der Waals surface area contributed by atoms with Crippen LogP contribution in [0.4, 0.5) is 5.69 Å². The first kappa shape index (κ1) is 19.5. The lowest BCUT2D eigenvalue weighted by atomic mass is 10.2. The van der Waals surface area contributed by atoms with Crippen molar-refractivity contribution in [1.82, 2.24) is 9.80 Å². The summed E-state index contributed by atoms with van der Waals surface area (Å²) in [5.41, 5.74) is 2.02. The van der Waals surface area contributed by atoms with Crippen LogP contribution >= 0.6 is 0 Å². The molecule has 0 aliphatic carbocycles. The van der Waals surface area contributed by atoms with E-state index in [0.29, 0.717) is 11.4 Å². The van der Waals surface area contributed by atoms with Crippen molar-refractivity contribution in [3.05, 3.63) is 71.9 Å². The van der Waals surface area contributed by atoms with Crippen molar-refractivity contribution in [2.45, 2.75) is 6.54 Å². The van der Waals surface area contributed by atoms with E-state index in [2.05, 4.69) is 34.5 Å². The minimum absolute atomic E-state index is 0.104. The molecular formula is C22H24N4O2. The number of hydrogen-bond donors (Lipinski definition) is 1. The Morgan fingerprint density at radius 1 is 1.11 bits per heavy atom. The van der Waals surface area contributed by atoms with Gasteiger partial charge in [-0.3, -0.25) is 9.69 Å². The number of nitriles is 1. The van der Waals surface area contributed by atoms with Gasteiger partial charge in [-0.15, -0.1) is 0 Å². The Balaban J connectivity index is 1.54. The standard InChI is InChI=1S/C22H24N4O2/c1-28-21-9-7-20(8-10-21)24-22(27)19(15-23)17-26-13-11-25(12-14-26)16-18-5-3-2-4-6-18/h2-10,17H,11-14,16H2,1H3,(H,24,27)/b19-17+. The zero-order valence-electron chi connectivity index (χ0n) is 16.0. The lowest BCUT2D eigenvalue weighted by Crippen LogP contribution is -2.43. The van der Waals surface area contributed by atoms with Crippen molar-refractivity contribution in [2.75, 3.05) is 38.6 Å². The van der Waals surface area contributed by atoms with Crippen LogP contribution in [-0.4, -0.2) is 49.0 Å². The number of nitrogens with one attached hydrogen (secondary N) is 1. The molecular weight excluding hydrogens is 352 g/mol. The molecule has 0 atom stereocenters. The number of piperazine rings is 1. The maximum Gasteiger partial charge on any atom is 0.267 e. The van der Waals surface area contributed by atoms with Crippen LogP contribution in [-0.2, 0) is 11.3 Å². The average Bonchev–Trinajstić information content (AvgIpc) is 2.74. The highest BCUT2D eigenvalue weighted by atomic mass is 16.5. The number of methoxy groups -OCH3 is 1. The average molecular weight is 376 g/mol. The summed E-state index contributed by atoms with van der Waals surface area (Å²) in [4.78, 5) is 16.8. The lowest BCUT2D eigenvalue weighted by Gasteiger charge is -2.34. The molecule has 1 aliphatic rings. The molecule has 0 aromatic heterocycles. The summed E-state index contributed by atoms with van der Waals surface area (Å²) in [6, 6.07) is 19.4. The number of benzene rings is 2. The normalized spacial score (nSPS) is 15.0. The molecule has 1 saturated heterocycles. The second-order valence-electron chi connectivity index (χ2n) is 6.63. The molecule has 1 aliphatic heterocycles. The molecule has 0 unspecified atom stereocenters. The summed E-state index contributed by atoms with van der Waals surface area (Å²) in [5.74, 6) is 0.307. The fraction of sp³-hybridized carbons (Fsp3) is 0.273. The quantitative estimate of drug-likeness (QED) is 0.620. The number of carbonyl (C=O) groups excluding carboxylic acids is 1. The number of amides is 1. The van der Waals surface area contributed by atoms with Gasteiger partial charge < -0.3 is 15.0 Å². The predicted octanol–water partition coefficient (Wildman–Crippen LogP) is 2.86. The maximum atomic E-state index is 12.4. The molecule has 0 radical (unpaired) electrons. The molecule has 1 amide bonds. The van der Waals surface area contributed by atoms with Crippen molar-refractivity contribution < 1.29 is 9.53 Å². The van der Waals surface area contributed by atoms with Gasteiger partial charge in [0.25, 0.3) is 5.91 Å². The summed E-state index contributed by atoms with van der Waals surface area (Å²) in [6.45, 7) is 4.28. The third-order valence-corrected chi connectivity index (χ3v) is 4.68. The SMILES string of the molecule is COc1ccc(NC(=O)/C(C#N)=C/N2CCN(Cc3ccccc3)CC2)cc1. The van der Waals surface area contributed by atoms with E-state index in [1.165, 1.54) is 5.56 Å². The van der Waals surface area contributed by atoms with Gasteiger partial charge in [0.2, 0.25) is 0 Å². The van der Waals surface area contributed by atoms with E-state index in [4.69, 9.17) is 4.74 Å². The van der Waals surface area contributed by atoms with Crippen LogP contribution in [0.1, 0.15) is 5.56 Å². The second-order valence-corrected chi connectivity index (χ2v) is 6.63. The molecule has 1 fully saturated rings. The minimum Gasteiger partial charge on any atom is -0.497 e. The molecule has 144 valence electrons. The number of ether oxygens (including phenoxy) is 1. The summed E-state index contributed by atoms with van der Waals surface area (Å²) >= 11 is 0. The van der Waals surface area contributed by atoms with Crippen LogP contribution in [0, 0.1) is 11.3 Å². The Hall–Kier alpha value is -3.30. The van der Waals surface area contributed by atoms with Gasteiger partial charge in [-0.05, 0) is 29.8 Å². The molecule has 1 heterocycles. The lowest BCUT2D eigenvalue weighted by molar-refractivity contribution is -0.112.